The normalized spacial score (nSPS) is 10.8. The number of rotatable bonds is 7. The van der Waals surface area contributed by atoms with Gasteiger partial charge in [-0.25, -0.2) is 13.8 Å². The number of benzene rings is 1. The molecule has 0 saturated carbocycles. The number of hydrogen-bond donors (Lipinski definition) is 1. The molecule has 26 heavy (non-hydrogen) atoms. The van der Waals surface area contributed by atoms with E-state index in [0.717, 1.165) is 12.1 Å². The van der Waals surface area contributed by atoms with Crippen molar-refractivity contribution >= 4 is 16.7 Å². The van der Waals surface area contributed by atoms with Gasteiger partial charge in [0.1, 0.15) is 17.9 Å². The smallest absolute Gasteiger partial charge is 0.198 e. The Balaban J connectivity index is 1.91. The molecule has 8 heteroatoms. The second-order valence-corrected chi connectivity index (χ2v) is 5.31. The molecule has 0 spiro atoms. The third-order valence-corrected chi connectivity index (χ3v) is 3.57. The number of pyridine rings is 2. The van der Waals surface area contributed by atoms with Crippen molar-refractivity contribution in [2.45, 2.75) is 0 Å². The van der Waals surface area contributed by atoms with Crippen molar-refractivity contribution in [3.63, 3.8) is 0 Å². The molecule has 0 bridgehead atoms. The number of methoxy groups -OCH3 is 1. The number of nitrogens with zero attached hydrogens (tertiary/aromatic N) is 2. The molecule has 0 fully saturated rings. The average Bonchev–Trinajstić information content (AvgIpc) is 2.64. The maximum Gasteiger partial charge on any atom is 0.198 e. The molecule has 0 radical (unpaired) electrons. The molecule has 0 aliphatic heterocycles. The summed E-state index contributed by atoms with van der Waals surface area (Å²) in [6.45, 7) is 0.809. The van der Waals surface area contributed by atoms with Crippen molar-refractivity contribution < 1.29 is 23.0 Å². The van der Waals surface area contributed by atoms with E-state index in [1.54, 1.807) is 20.2 Å². The van der Waals surface area contributed by atoms with Gasteiger partial charge >= 0.3 is 0 Å². The van der Waals surface area contributed by atoms with Crippen LogP contribution in [0.1, 0.15) is 0 Å². The van der Waals surface area contributed by atoms with Crippen LogP contribution in [0.5, 0.6) is 17.2 Å². The maximum absolute atomic E-state index is 14.1. The van der Waals surface area contributed by atoms with Crippen LogP contribution in [0.15, 0.2) is 36.7 Å². The minimum atomic E-state index is -0.821. The Morgan fingerprint density at radius 2 is 1.85 bits per heavy atom. The van der Waals surface area contributed by atoms with Crippen LogP contribution in [-0.2, 0) is 4.74 Å². The largest absolute Gasteiger partial charge is 0.489 e. The summed E-state index contributed by atoms with van der Waals surface area (Å²) in [6.07, 6.45) is 2.96. The lowest BCUT2D eigenvalue weighted by atomic mass is 10.2. The van der Waals surface area contributed by atoms with Gasteiger partial charge in [0.15, 0.2) is 23.1 Å². The van der Waals surface area contributed by atoms with Gasteiger partial charge in [0, 0.05) is 50.3 Å². The highest BCUT2D eigenvalue weighted by molar-refractivity contribution is 5.81. The first-order valence-electron chi connectivity index (χ1n) is 7.83. The van der Waals surface area contributed by atoms with Gasteiger partial charge in [0.05, 0.1) is 18.3 Å². The van der Waals surface area contributed by atoms with Crippen LogP contribution in [0.4, 0.5) is 14.5 Å². The molecule has 1 aromatic carbocycles. The topological polar surface area (TPSA) is 65.5 Å². The monoisotopic (exact) mass is 361 g/mol. The molecule has 0 atom stereocenters. The molecular weight excluding hydrogens is 344 g/mol. The van der Waals surface area contributed by atoms with Crippen molar-refractivity contribution in [1.29, 1.82) is 0 Å². The number of halogens is 2. The Labute approximate surface area is 148 Å². The van der Waals surface area contributed by atoms with Gasteiger partial charge in [-0.1, -0.05) is 0 Å². The van der Waals surface area contributed by atoms with Gasteiger partial charge in [0.2, 0.25) is 0 Å². The van der Waals surface area contributed by atoms with Gasteiger partial charge in [-0.2, -0.15) is 0 Å². The third kappa shape index (κ3) is 3.80. The van der Waals surface area contributed by atoms with Crippen molar-refractivity contribution in [1.82, 2.24) is 9.97 Å². The summed E-state index contributed by atoms with van der Waals surface area (Å²) in [5, 5.41) is 2.68. The zero-order chi connectivity index (χ0) is 18.5. The highest BCUT2D eigenvalue weighted by Crippen LogP contribution is 2.33. The summed E-state index contributed by atoms with van der Waals surface area (Å²) in [4.78, 5) is 8.43. The fourth-order valence-corrected chi connectivity index (χ4v) is 2.30. The van der Waals surface area contributed by atoms with E-state index in [0.29, 0.717) is 35.7 Å². The average molecular weight is 361 g/mol. The molecule has 0 unspecified atom stereocenters. The van der Waals surface area contributed by atoms with Crippen LogP contribution >= 0.6 is 0 Å². The molecule has 6 nitrogen and oxygen atoms in total. The van der Waals surface area contributed by atoms with E-state index in [1.807, 2.05) is 0 Å². The van der Waals surface area contributed by atoms with Gasteiger partial charge in [-0.15, -0.1) is 0 Å². The molecule has 1 N–H and O–H groups in total. The minimum absolute atomic E-state index is 0.188. The van der Waals surface area contributed by atoms with Crippen molar-refractivity contribution in [3.8, 4) is 17.2 Å². The molecule has 3 rings (SSSR count). The molecule has 0 saturated heterocycles. The van der Waals surface area contributed by atoms with Crippen molar-refractivity contribution in [2.24, 2.45) is 0 Å². The summed E-state index contributed by atoms with van der Waals surface area (Å²) < 4.78 is 44.1. The summed E-state index contributed by atoms with van der Waals surface area (Å²) in [6, 6.07) is 5.46. The molecule has 0 aliphatic carbocycles. The molecule has 2 heterocycles. The van der Waals surface area contributed by atoms with Crippen LogP contribution in [0.3, 0.4) is 0 Å². The number of nitrogens with one attached hydrogen (secondary N) is 1. The lowest BCUT2D eigenvalue weighted by molar-refractivity contribution is 0.146. The summed E-state index contributed by atoms with van der Waals surface area (Å²) in [5.74, 6) is -1.44. The zero-order valence-electron chi connectivity index (χ0n) is 14.3. The Morgan fingerprint density at radius 3 is 2.54 bits per heavy atom. The first-order chi connectivity index (χ1) is 12.6. The first kappa shape index (κ1) is 17.8. The molecular formula is C18H17F2N3O3. The number of aromatic nitrogens is 2. The van der Waals surface area contributed by atoms with Crippen LogP contribution in [0.2, 0.25) is 0 Å². The van der Waals surface area contributed by atoms with Gasteiger partial charge in [-0.3, -0.25) is 4.98 Å². The van der Waals surface area contributed by atoms with Gasteiger partial charge < -0.3 is 19.5 Å². The fourth-order valence-electron chi connectivity index (χ4n) is 2.30. The maximum atomic E-state index is 14.1. The van der Waals surface area contributed by atoms with Crippen molar-refractivity contribution in [3.05, 3.63) is 48.3 Å². The Morgan fingerprint density at radius 1 is 1.08 bits per heavy atom. The van der Waals surface area contributed by atoms with Crippen LogP contribution < -0.4 is 14.8 Å². The first-order valence-corrected chi connectivity index (χ1v) is 7.83. The highest BCUT2D eigenvalue weighted by Gasteiger charge is 2.16. The van der Waals surface area contributed by atoms with Crippen LogP contribution in [0, 0.1) is 11.6 Å². The molecule has 0 aliphatic rings. The number of ether oxygens (including phenoxy) is 3. The quantitative estimate of drug-likeness (QED) is 0.647. The zero-order valence-corrected chi connectivity index (χ0v) is 14.3. The minimum Gasteiger partial charge on any atom is -0.489 e. The predicted octanol–water partition coefficient (Wildman–Crippen LogP) is 3.77. The van der Waals surface area contributed by atoms with E-state index in [-0.39, 0.29) is 5.75 Å². The molecule has 2 aromatic heterocycles. The lowest BCUT2D eigenvalue weighted by Gasteiger charge is -2.12. The van der Waals surface area contributed by atoms with E-state index in [4.69, 9.17) is 14.2 Å². The van der Waals surface area contributed by atoms with E-state index < -0.39 is 17.4 Å². The number of hydrogen-bond acceptors (Lipinski definition) is 6. The highest BCUT2D eigenvalue weighted by atomic mass is 19.1. The van der Waals surface area contributed by atoms with Crippen molar-refractivity contribution in [2.75, 3.05) is 32.7 Å². The standard InChI is InChI=1S/C18H17F2N3O3/c1-21-11-7-13(19)18(14(20)8-11)26-16-3-4-22-15-9-12(10-23-17(15)16)25-6-5-24-2/h3-4,7-10,21H,5-6H2,1-2H3. The number of fused-ring (bicyclic) bond motifs is 1. The Kier molecular flexibility index (Phi) is 5.43. The molecule has 0 amide bonds. The Hall–Kier alpha value is -3.00. The van der Waals surface area contributed by atoms with Crippen LogP contribution in [0.25, 0.3) is 11.0 Å². The summed E-state index contributed by atoms with van der Waals surface area (Å²) >= 11 is 0. The molecule has 136 valence electrons. The SMILES string of the molecule is CNc1cc(F)c(Oc2ccnc3cc(OCCOC)cnc23)c(F)c1. The second-order valence-electron chi connectivity index (χ2n) is 5.31. The van der Waals surface area contributed by atoms with Gasteiger partial charge in [-0.05, 0) is 0 Å². The number of anilines is 1. The van der Waals surface area contributed by atoms with E-state index in [1.165, 1.54) is 18.5 Å². The molecule has 3 aromatic rings. The summed E-state index contributed by atoms with van der Waals surface area (Å²) in [7, 11) is 3.15. The summed E-state index contributed by atoms with van der Waals surface area (Å²) in [5.41, 5.74) is 1.15. The van der Waals surface area contributed by atoms with Crippen LogP contribution in [-0.4, -0.2) is 37.3 Å². The predicted molar refractivity (Wildman–Crippen MR) is 92.9 cm³/mol. The fraction of sp³-hybridized carbons (Fsp3) is 0.222. The van der Waals surface area contributed by atoms with Gasteiger partial charge in [0.25, 0.3) is 0 Å². The van der Waals surface area contributed by atoms with E-state index in [9.17, 15) is 8.78 Å². The van der Waals surface area contributed by atoms with E-state index >= 15 is 0 Å². The Bertz CT molecular complexity index is 898. The third-order valence-electron chi connectivity index (χ3n) is 3.57. The lowest BCUT2D eigenvalue weighted by Crippen LogP contribution is -2.04. The second kappa shape index (κ2) is 7.92. The van der Waals surface area contributed by atoms with E-state index in [2.05, 4.69) is 15.3 Å².